The summed E-state index contributed by atoms with van der Waals surface area (Å²) in [5.74, 6) is 0.863. The third-order valence-electron chi connectivity index (χ3n) is 2.76. The van der Waals surface area contributed by atoms with Crippen molar-refractivity contribution in [2.75, 3.05) is 11.9 Å². The fraction of sp³-hybridized carbons (Fsp3) is 0.400. The molecule has 0 saturated carbocycles. The van der Waals surface area contributed by atoms with E-state index in [9.17, 15) is 22.4 Å². The van der Waals surface area contributed by atoms with Crippen LogP contribution in [0.3, 0.4) is 0 Å². The second kappa shape index (κ2) is 6.69. The molecule has 0 aromatic heterocycles. The molecule has 0 aliphatic rings. The number of carbonyl (C=O) groups is 1. The molecule has 0 heterocycles. The van der Waals surface area contributed by atoms with Crippen LogP contribution in [0.4, 0.5) is 23.2 Å². The van der Waals surface area contributed by atoms with Gasteiger partial charge in [-0.25, -0.2) is 4.39 Å². The van der Waals surface area contributed by atoms with E-state index in [1.165, 1.54) is 12.1 Å². The molecule has 22 heavy (non-hydrogen) atoms. The minimum atomic E-state index is -4.37. The highest BCUT2D eigenvalue weighted by molar-refractivity contribution is 6.00. The van der Waals surface area contributed by atoms with Crippen LogP contribution in [-0.2, 0) is 0 Å². The number of terminal acetylenes is 1. The fourth-order valence-electron chi connectivity index (χ4n) is 1.61. The minimum Gasteiger partial charge on any atom is -0.382 e. The highest BCUT2D eigenvalue weighted by Gasteiger charge is 2.27. The average molecular weight is 316 g/mol. The molecule has 1 rings (SSSR count). The highest BCUT2D eigenvalue weighted by Crippen LogP contribution is 2.23. The number of anilines is 1. The summed E-state index contributed by atoms with van der Waals surface area (Å²) >= 11 is 0. The van der Waals surface area contributed by atoms with Gasteiger partial charge in [-0.05, 0) is 26.0 Å². The Kier molecular flexibility index (Phi) is 5.42. The van der Waals surface area contributed by atoms with Crippen molar-refractivity contribution >= 4 is 11.6 Å². The zero-order valence-electron chi connectivity index (χ0n) is 12.1. The van der Waals surface area contributed by atoms with Crippen molar-refractivity contribution < 1.29 is 22.4 Å². The van der Waals surface area contributed by atoms with Crippen LogP contribution in [0.5, 0.6) is 0 Å². The Morgan fingerprint density at radius 2 is 1.95 bits per heavy atom. The number of alkyl halides is 3. The Bertz CT molecular complexity index is 588. The maximum atomic E-state index is 13.8. The Balaban J connectivity index is 2.94. The molecule has 0 aliphatic carbocycles. The number of rotatable bonds is 5. The van der Waals surface area contributed by atoms with Gasteiger partial charge < -0.3 is 10.6 Å². The SMILES string of the molecule is C#CC(C)(C)NC(=O)c1cccc(F)c1NCCC(F)(F)F. The lowest BCUT2D eigenvalue weighted by Crippen LogP contribution is -2.42. The lowest BCUT2D eigenvalue weighted by molar-refractivity contribution is -0.131. The Hall–Kier alpha value is -2.23. The summed E-state index contributed by atoms with van der Waals surface area (Å²) in [5.41, 5.74) is -1.35. The number of carbonyl (C=O) groups excluding carboxylic acids is 1. The van der Waals surface area contributed by atoms with Crippen LogP contribution in [0.25, 0.3) is 0 Å². The van der Waals surface area contributed by atoms with Gasteiger partial charge >= 0.3 is 6.18 Å². The first-order valence-corrected chi connectivity index (χ1v) is 6.45. The summed E-state index contributed by atoms with van der Waals surface area (Å²) in [7, 11) is 0. The molecule has 7 heteroatoms. The fourth-order valence-corrected chi connectivity index (χ4v) is 1.61. The predicted molar refractivity (Wildman–Crippen MR) is 75.9 cm³/mol. The van der Waals surface area contributed by atoms with E-state index in [2.05, 4.69) is 16.6 Å². The number of hydrogen-bond acceptors (Lipinski definition) is 2. The molecule has 1 aromatic rings. The van der Waals surface area contributed by atoms with E-state index in [4.69, 9.17) is 6.42 Å². The molecule has 0 bridgehead atoms. The van der Waals surface area contributed by atoms with Crippen molar-refractivity contribution in [3.05, 3.63) is 29.6 Å². The van der Waals surface area contributed by atoms with E-state index in [0.29, 0.717) is 0 Å². The van der Waals surface area contributed by atoms with Gasteiger partial charge in [0.15, 0.2) is 0 Å². The number of para-hydroxylation sites is 1. The summed E-state index contributed by atoms with van der Waals surface area (Å²) < 4.78 is 50.2. The third kappa shape index (κ3) is 5.28. The van der Waals surface area contributed by atoms with E-state index in [0.717, 1.165) is 6.07 Å². The Morgan fingerprint density at radius 3 is 2.50 bits per heavy atom. The first kappa shape index (κ1) is 17.8. The van der Waals surface area contributed by atoms with E-state index in [1.54, 1.807) is 13.8 Å². The van der Waals surface area contributed by atoms with Gasteiger partial charge in [-0.15, -0.1) is 6.42 Å². The summed E-state index contributed by atoms with van der Waals surface area (Å²) in [5, 5.41) is 4.81. The molecule has 1 aromatic carbocycles. The molecular formula is C15H16F4N2O. The molecule has 0 saturated heterocycles. The number of amides is 1. The van der Waals surface area contributed by atoms with Crippen molar-refractivity contribution in [3.8, 4) is 12.3 Å². The molecule has 0 radical (unpaired) electrons. The summed E-state index contributed by atoms with van der Waals surface area (Å²) in [6.07, 6.45) is -0.260. The lowest BCUT2D eigenvalue weighted by atomic mass is 10.1. The number of nitrogens with one attached hydrogen (secondary N) is 2. The van der Waals surface area contributed by atoms with E-state index in [-0.39, 0.29) is 11.3 Å². The van der Waals surface area contributed by atoms with Crippen molar-refractivity contribution in [1.82, 2.24) is 5.32 Å². The van der Waals surface area contributed by atoms with Crippen LogP contribution in [0, 0.1) is 18.2 Å². The van der Waals surface area contributed by atoms with Crippen LogP contribution in [0.2, 0.25) is 0 Å². The van der Waals surface area contributed by atoms with Crippen molar-refractivity contribution in [2.24, 2.45) is 0 Å². The zero-order chi connectivity index (χ0) is 17.0. The quantitative estimate of drug-likeness (QED) is 0.646. The van der Waals surface area contributed by atoms with Gasteiger partial charge in [0.2, 0.25) is 0 Å². The van der Waals surface area contributed by atoms with Gasteiger partial charge in [0.05, 0.1) is 23.2 Å². The van der Waals surface area contributed by atoms with Crippen molar-refractivity contribution in [2.45, 2.75) is 32.0 Å². The zero-order valence-corrected chi connectivity index (χ0v) is 12.1. The number of hydrogen-bond donors (Lipinski definition) is 2. The third-order valence-corrected chi connectivity index (χ3v) is 2.76. The Morgan fingerprint density at radius 1 is 1.32 bits per heavy atom. The molecule has 2 N–H and O–H groups in total. The molecule has 3 nitrogen and oxygen atoms in total. The average Bonchev–Trinajstić information content (AvgIpc) is 2.38. The second-order valence-electron chi connectivity index (χ2n) is 5.18. The maximum absolute atomic E-state index is 13.8. The predicted octanol–water partition coefficient (Wildman–Crippen LogP) is 3.33. The Labute approximate surface area is 126 Å². The molecule has 0 atom stereocenters. The van der Waals surface area contributed by atoms with Gasteiger partial charge in [0.1, 0.15) is 5.82 Å². The smallest absolute Gasteiger partial charge is 0.382 e. The molecule has 1 amide bonds. The van der Waals surface area contributed by atoms with Gasteiger partial charge in [-0.1, -0.05) is 12.0 Å². The van der Waals surface area contributed by atoms with Gasteiger partial charge in [-0.2, -0.15) is 13.2 Å². The van der Waals surface area contributed by atoms with Crippen molar-refractivity contribution in [3.63, 3.8) is 0 Å². The van der Waals surface area contributed by atoms with E-state index < -0.39 is 36.4 Å². The molecule has 0 unspecified atom stereocenters. The largest absolute Gasteiger partial charge is 0.390 e. The second-order valence-corrected chi connectivity index (χ2v) is 5.18. The molecular weight excluding hydrogens is 300 g/mol. The van der Waals surface area contributed by atoms with Gasteiger partial charge in [0.25, 0.3) is 5.91 Å². The van der Waals surface area contributed by atoms with Crippen LogP contribution < -0.4 is 10.6 Å². The van der Waals surface area contributed by atoms with Gasteiger partial charge in [-0.3, -0.25) is 4.79 Å². The van der Waals surface area contributed by atoms with Crippen LogP contribution >= 0.6 is 0 Å². The summed E-state index contributed by atoms with van der Waals surface area (Å²) in [4.78, 5) is 12.1. The van der Waals surface area contributed by atoms with Crippen molar-refractivity contribution in [1.29, 1.82) is 0 Å². The van der Waals surface area contributed by atoms with E-state index >= 15 is 0 Å². The first-order valence-electron chi connectivity index (χ1n) is 6.45. The topological polar surface area (TPSA) is 41.1 Å². The number of halogens is 4. The standard InChI is InChI=1S/C15H16F4N2O/c1-4-14(2,3)21-13(22)10-6-5-7-11(16)12(10)20-9-8-15(17,18)19/h1,5-7,20H,8-9H2,2-3H3,(H,21,22). The normalized spacial score (nSPS) is 11.7. The van der Waals surface area contributed by atoms with Crippen LogP contribution in [0.15, 0.2) is 18.2 Å². The lowest BCUT2D eigenvalue weighted by Gasteiger charge is -2.21. The van der Waals surface area contributed by atoms with Gasteiger partial charge in [0, 0.05) is 6.54 Å². The first-order chi connectivity index (χ1) is 10.1. The molecule has 0 spiro atoms. The van der Waals surface area contributed by atoms with Crippen LogP contribution in [-0.4, -0.2) is 24.2 Å². The monoisotopic (exact) mass is 316 g/mol. The molecule has 0 fully saturated rings. The highest BCUT2D eigenvalue weighted by atomic mass is 19.4. The summed E-state index contributed by atoms with van der Waals surface area (Å²) in [6, 6.07) is 3.65. The number of benzene rings is 1. The molecule has 120 valence electrons. The van der Waals surface area contributed by atoms with Crippen LogP contribution in [0.1, 0.15) is 30.6 Å². The van der Waals surface area contributed by atoms with E-state index in [1.807, 2.05) is 0 Å². The molecule has 0 aliphatic heterocycles. The maximum Gasteiger partial charge on any atom is 0.390 e. The minimum absolute atomic E-state index is 0.106. The summed E-state index contributed by atoms with van der Waals surface area (Å²) in [6.45, 7) is 2.60.